The molecule has 0 fully saturated rings. The monoisotopic (exact) mass is 690 g/mol. The largest absolute Gasteiger partial charge is 0.441 e. The Morgan fingerprint density at radius 2 is 1.60 bits per heavy atom. The molecule has 0 bridgehead atoms. The molecule has 0 spiro atoms. The fourth-order valence-corrected chi connectivity index (χ4v) is 5.59. The highest BCUT2D eigenvalue weighted by Crippen LogP contribution is 2.17. The summed E-state index contributed by atoms with van der Waals surface area (Å²) < 4.78 is 10.3. The zero-order valence-corrected chi connectivity index (χ0v) is 29.5. The van der Waals surface area contributed by atoms with Crippen LogP contribution in [0.25, 0.3) is 0 Å². The maximum absolute atomic E-state index is 13.9. The van der Waals surface area contributed by atoms with Crippen LogP contribution in [-0.2, 0) is 33.8 Å². The molecule has 4 rings (SSSR count). The number of aliphatic hydroxyl groups is 1. The Balaban J connectivity index is 1.46. The number of carbonyl (C=O) groups is 3. The minimum absolute atomic E-state index is 0.111. The van der Waals surface area contributed by atoms with E-state index >= 15 is 0 Å². The first-order valence-electron chi connectivity index (χ1n) is 17.0. The van der Waals surface area contributed by atoms with Crippen LogP contribution in [0.1, 0.15) is 51.0 Å². The quantitative estimate of drug-likeness (QED) is 0.163. The number of hydrogen-bond donors (Lipinski definition) is 4. The summed E-state index contributed by atoms with van der Waals surface area (Å²) in [6, 6.07) is 18.4. The number of carbonyl (C=O) groups excluding carboxylic acids is 3. The molecule has 0 saturated heterocycles. The second kappa shape index (κ2) is 18.8. The Hall–Kier alpha value is -4.88. The average molecular weight is 691 g/mol. The highest BCUT2D eigenvalue weighted by molar-refractivity contribution is 5.87. The van der Waals surface area contributed by atoms with Crippen LogP contribution < -0.4 is 16.0 Å². The third kappa shape index (κ3) is 11.9. The fourth-order valence-electron chi connectivity index (χ4n) is 5.59. The molecule has 13 nitrogen and oxygen atoms in total. The number of alkyl carbamates (subject to hydrolysis) is 1. The maximum Gasteiger partial charge on any atom is 0.407 e. The van der Waals surface area contributed by atoms with Gasteiger partial charge in [0.1, 0.15) is 6.04 Å². The van der Waals surface area contributed by atoms with Crippen LogP contribution in [0, 0.1) is 5.92 Å². The molecule has 0 unspecified atom stereocenters. The number of benzene rings is 2. The van der Waals surface area contributed by atoms with Crippen LogP contribution in [-0.4, -0.2) is 88.7 Å². The molecule has 50 heavy (non-hydrogen) atoms. The molecule has 0 aliphatic carbocycles. The number of urea groups is 1. The van der Waals surface area contributed by atoms with E-state index in [4.69, 9.17) is 14.1 Å². The Bertz CT molecular complexity index is 1520. The molecule has 4 amide bonds. The molecule has 0 saturated carbocycles. The molecule has 270 valence electrons. The molecule has 1 aromatic heterocycles. The summed E-state index contributed by atoms with van der Waals surface area (Å²) in [4.78, 5) is 47.1. The van der Waals surface area contributed by atoms with Crippen molar-refractivity contribution in [3.8, 4) is 0 Å². The number of nitrogens with zero attached hydrogens (tertiary/aromatic N) is 3. The Labute approximate surface area is 293 Å². The Morgan fingerprint density at radius 1 is 0.940 bits per heavy atom. The summed E-state index contributed by atoms with van der Waals surface area (Å²) >= 11 is 0. The van der Waals surface area contributed by atoms with E-state index in [0.29, 0.717) is 31.8 Å². The van der Waals surface area contributed by atoms with Gasteiger partial charge in [-0.3, -0.25) is 14.7 Å². The van der Waals surface area contributed by atoms with Crippen molar-refractivity contribution in [2.24, 2.45) is 5.92 Å². The van der Waals surface area contributed by atoms with Crippen LogP contribution in [0.2, 0.25) is 0 Å². The zero-order chi connectivity index (χ0) is 36.0. The van der Waals surface area contributed by atoms with Crippen LogP contribution in [0.3, 0.4) is 0 Å². The van der Waals surface area contributed by atoms with E-state index < -0.39 is 36.4 Å². The highest BCUT2D eigenvalue weighted by atomic mass is 16.7. The van der Waals surface area contributed by atoms with Gasteiger partial charge in [0, 0.05) is 31.9 Å². The molecular weight excluding hydrogens is 640 g/mol. The van der Waals surface area contributed by atoms with Crippen molar-refractivity contribution in [3.05, 3.63) is 102 Å². The number of hydrogen-bond acceptors (Lipinski definition) is 9. The molecule has 3 aromatic rings. The number of ether oxygens (including phenoxy) is 1. The third-order valence-corrected chi connectivity index (χ3v) is 8.33. The van der Waals surface area contributed by atoms with Crippen molar-refractivity contribution in [3.63, 3.8) is 0 Å². The molecular formula is C37H50N6O7. The van der Waals surface area contributed by atoms with Crippen molar-refractivity contribution in [2.45, 2.75) is 83.8 Å². The van der Waals surface area contributed by atoms with Crippen LogP contribution in [0.5, 0.6) is 0 Å². The maximum atomic E-state index is 13.9. The predicted octanol–water partition coefficient (Wildman–Crippen LogP) is 4.20. The Kier molecular flexibility index (Phi) is 14.2. The SMILES string of the molecule is CC(C)[C@H](NC(=O)N(C)CC1=CN(C(C)C)OC1)C(=O)N[C@@H](Cc1ccccc1)C[C@H](O)[C@H](Cc1ccccc1)NC(=O)OCc1ccno1. The van der Waals surface area contributed by atoms with Gasteiger partial charge in [0.25, 0.3) is 0 Å². The van der Waals surface area contributed by atoms with Gasteiger partial charge in [0.05, 0.1) is 31.0 Å². The molecule has 1 aliphatic heterocycles. The van der Waals surface area contributed by atoms with Gasteiger partial charge in [-0.15, -0.1) is 0 Å². The zero-order valence-electron chi connectivity index (χ0n) is 29.5. The molecule has 13 heteroatoms. The summed E-state index contributed by atoms with van der Waals surface area (Å²) in [5.74, 6) is -0.221. The molecule has 4 N–H and O–H groups in total. The average Bonchev–Trinajstić information content (AvgIpc) is 3.79. The smallest absolute Gasteiger partial charge is 0.407 e. The van der Waals surface area contributed by atoms with Gasteiger partial charge in [-0.2, -0.15) is 0 Å². The lowest BCUT2D eigenvalue weighted by Crippen LogP contribution is -2.56. The van der Waals surface area contributed by atoms with Gasteiger partial charge < -0.3 is 35.2 Å². The first-order valence-corrected chi connectivity index (χ1v) is 17.0. The van der Waals surface area contributed by atoms with E-state index in [1.807, 2.05) is 94.6 Å². The topological polar surface area (TPSA) is 158 Å². The molecule has 2 aromatic carbocycles. The third-order valence-electron chi connectivity index (χ3n) is 8.33. The normalized spacial score (nSPS) is 15.2. The lowest BCUT2D eigenvalue weighted by Gasteiger charge is -2.30. The van der Waals surface area contributed by atoms with E-state index in [0.717, 1.165) is 16.7 Å². The molecule has 2 heterocycles. The van der Waals surface area contributed by atoms with Gasteiger partial charge >= 0.3 is 12.1 Å². The van der Waals surface area contributed by atoms with Crippen molar-refractivity contribution in [2.75, 3.05) is 20.2 Å². The molecule has 1 aliphatic rings. The summed E-state index contributed by atoms with van der Waals surface area (Å²) in [7, 11) is 1.68. The lowest BCUT2D eigenvalue weighted by atomic mass is 9.93. The number of aromatic nitrogens is 1. The standard InChI is InChI=1S/C37H50N6O7/c1-25(2)34(41-36(46)42(5)21-29-22-43(26(3)4)49-23-29)35(45)39-30(18-27-12-8-6-9-13-27)20-33(44)32(19-28-14-10-7-11-15-28)40-37(47)48-24-31-16-17-38-50-31/h6-17,22,25-26,30,32-34,44H,18-21,23-24H2,1-5H3,(H,39,45)(H,40,47)(H,41,46)/t30-,32-,33-,34-/m0/s1. The molecule has 0 radical (unpaired) electrons. The van der Waals surface area contributed by atoms with E-state index in [2.05, 4.69) is 21.1 Å². The number of likely N-dealkylation sites (N-methyl/N-ethyl adjacent to an activating group) is 1. The van der Waals surface area contributed by atoms with E-state index in [1.165, 1.54) is 11.1 Å². The number of rotatable bonds is 17. The van der Waals surface area contributed by atoms with Gasteiger partial charge in [-0.25, -0.2) is 9.59 Å². The number of hydroxylamine groups is 2. The van der Waals surface area contributed by atoms with Crippen molar-refractivity contribution in [1.82, 2.24) is 31.1 Å². The number of amides is 4. The van der Waals surface area contributed by atoms with Gasteiger partial charge in [-0.1, -0.05) is 79.7 Å². The van der Waals surface area contributed by atoms with E-state index in [1.54, 1.807) is 18.2 Å². The second-order valence-electron chi connectivity index (χ2n) is 13.2. The first-order chi connectivity index (χ1) is 24.0. The summed E-state index contributed by atoms with van der Waals surface area (Å²) in [5.41, 5.74) is 2.80. The van der Waals surface area contributed by atoms with E-state index in [-0.39, 0.29) is 30.9 Å². The van der Waals surface area contributed by atoms with Crippen LogP contribution in [0.15, 0.2) is 89.2 Å². The van der Waals surface area contributed by atoms with E-state index in [9.17, 15) is 19.5 Å². The second-order valence-corrected chi connectivity index (χ2v) is 13.2. The summed E-state index contributed by atoms with van der Waals surface area (Å²) in [5, 5.41) is 25.8. The van der Waals surface area contributed by atoms with Gasteiger partial charge in [0.2, 0.25) is 5.91 Å². The number of nitrogens with one attached hydrogen (secondary N) is 3. The summed E-state index contributed by atoms with van der Waals surface area (Å²) in [6.07, 6.45) is 2.39. The van der Waals surface area contributed by atoms with Crippen molar-refractivity contribution in [1.29, 1.82) is 0 Å². The van der Waals surface area contributed by atoms with Crippen LogP contribution in [0.4, 0.5) is 9.59 Å². The van der Waals surface area contributed by atoms with Gasteiger partial charge in [-0.05, 0) is 55.7 Å². The minimum atomic E-state index is -1.08. The number of aliphatic hydroxyl groups excluding tert-OH is 1. The minimum Gasteiger partial charge on any atom is -0.441 e. The van der Waals surface area contributed by atoms with Crippen molar-refractivity contribution < 1.29 is 33.6 Å². The van der Waals surface area contributed by atoms with Gasteiger partial charge in [0.15, 0.2) is 12.4 Å². The van der Waals surface area contributed by atoms with Crippen LogP contribution >= 0.6 is 0 Å². The predicted molar refractivity (Wildman–Crippen MR) is 187 cm³/mol. The highest BCUT2D eigenvalue weighted by Gasteiger charge is 2.31. The first kappa shape index (κ1) is 37.9. The summed E-state index contributed by atoms with van der Waals surface area (Å²) in [6.45, 7) is 8.39. The fraction of sp³-hybridized carbons (Fsp3) is 0.459. The lowest BCUT2D eigenvalue weighted by molar-refractivity contribution is -0.124. The molecule has 4 atom stereocenters. The Morgan fingerprint density at radius 3 is 2.18 bits per heavy atom. The van der Waals surface area contributed by atoms with Crippen molar-refractivity contribution >= 4 is 18.0 Å².